The highest BCUT2D eigenvalue weighted by molar-refractivity contribution is 6.10. The number of hydrogen-bond donors (Lipinski definition) is 0. The van der Waals surface area contributed by atoms with Crippen molar-refractivity contribution in [2.45, 2.75) is 27.7 Å². The van der Waals surface area contributed by atoms with E-state index in [0.717, 1.165) is 34.6 Å². The minimum absolute atomic E-state index is 0.0274. The van der Waals surface area contributed by atoms with Crippen molar-refractivity contribution in [1.29, 1.82) is 0 Å². The Bertz CT molecular complexity index is 1100. The van der Waals surface area contributed by atoms with E-state index < -0.39 is 5.97 Å². The first-order valence-corrected chi connectivity index (χ1v) is 10.2. The average molecular weight is 415 g/mol. The molecule has 0 N–H and O–H groups in total. The van der Waals surface area contributed by atoms with Gasteiger partial charge in [-0.3, -0.25) is 4.79 Å². The van der Waals surface area contributed by atoms with Crippen molar-refractivity contribution in [2.75, 3.05) is 11.4 Å². The van der Waals surface area contributed by atoms with Crippen molar-refractivity contribution < 1.29 is 14.4 Å². The third-order valence-corrected chi connectivity index (χ3v) is 5.05. The lowest BCUT2D eigenvalue weighted by atomic mass is 9.99. The standard InChI is InChI=1S/C26H26N2O3/c1-5-28(23-14-10-21(11-15-23)19(3)27-31-20(4)29)24-16-12-22(13-17-24)26(30)25-9-7-6-8-18(25)2/h6-17H,5H2,1-4H3. The van der Waals surface area contributed by atoms with Crippen LogP contribution in [0.15, 0.2) is 78.0 Å². The number of oxime groups is 1. The monoisotopic (exact) mass is 414 g/mol. The summed E-state index contributed by atoms with van der Waals surface area (Å²) in [6.45, 7) is 7.90. The van der Waals surface area contributed by atoms with E-state index >= 15 is 0 Å². The van der Waals surface area contributed by atoms with E-state index in [4.69, 9.17) is 4.84 Å². The molecule has 5 nitrogen and oxygen atoms in total. The third-order valence-electron chi connectivity index (χ3n) is 5.05. The van der Waals surface area contributed by atoms with Gasteiger partial charge < -0.3 is 9.74 Å². The molecule has 3 rings (SSSR count). The summed E-state index contributed by atoms with van der Waals surface area (Å²) in [6.07, 6.45) is 0. The minimum Gasteiger partial charge on any atom is -0.342 e. The molecule has 158 valence electrons. The summed E-state index contributed by atoms with van der Waals surface area (Å²) >= 11 is 0. The maximum Gasteiger partial charge on any atom is 0.331 e. The molecule has 0 bridgehead atoms. The predicted molar refractivity (Wildman–Crippen MR) is 124 cm³/mol. The van der Waals surface area contributed by atoms with Gasteiger partial charge in [-0.05, 0) is 68.3 Å². The van der Waals surface area contributed by atoms with E-state index in [0.29, 0.717) is 11.3 Å². The molecule has 31 heavy (non-hydrogen) atoms. The Balaban J connectivity index is 1.80. The molecule has 0 aromatic heterocycles. The van der Waals surface area contributed by atoms with E-state index in [1.807, 2.05) is 79.7 Å². The molecule has 0 atom stereocenters. The van der Waals surface area contributed by atoms with Crippen molar-refractivity contribution in [3.8, 4) is 0 Å². The largest absolute Gasteiger partial charge is 0.342 e. The van der Waals surface area contributed by atoms with Gasteiger partial charge in [0, 0.05) is 36.0 Å². The first-order chi connectivity index (χ1) is 14.9. The molecule has 0 saturated heterocycles. The molecule has 0 radical (unpaired) electrons. The van der Waals surface area contributed by atoms with Crippen LogP contribution in [0.3, 0.4) is 0 Å². The van der Waals surface area contributed by atoms with Gasteiger partial charge in [-0.2, -0.15) is 0 Å². The van der Waals surface area contributed by atoms with Crippen LogP contribution < -0.4 is 4.90 Å². The van der Waals surface area contributed by atoms with Crippen LogP contribution in [0.5, 0.6) is 0 Å². The molecular formula is C26H26N2O3. The van der Waals surface area contributed by atoms with Crippen LogP contribution in [-0.2, 0) is 9.63 Å². The zero-order chi connectivity index (χ0) is 22.4. The number of anilines is 2. The number of aryl methyl sites for hydroxylation is 1. The van der Waals surface area contributed by atoms with Gasteiger partial charge in [-0.25, -0.2) is 4.79 Å². The zero-order valence-corrected chi connectivity index (χ0v) is 18.3. The van der Waals surface area contributed by atoms with Crippen LogP contribution in [0.2, 0.25) is 0 Å². The second kappa shape index (κ2) is 9.85. The summed E-state index contributed by atoms with van der Waals surface area (Å²) in [6, 6.07) is 23.2. The molecule has 0 spiro atoms. The minimum atomic E-state index is -0.447. The topological polar surface area (TPSA) is 59.0 Å². The van der Waals surface area contributed by atoms with Gasteiger partial charge in [0.05, 0.1) is 5.71 Å². The Morgan fingerprint density at radius 3 is 1.90 bits per heavy atom. The first-order valence-electron chi connectivity index (χ1n) is 10.2. The number of nitrogens with zero attached hydrogens (tertiary/aromatic N) is 2. The number of benzene rings is 3. The summed E-state index contributed by atoms with van der Waals surface area (Å²) in [7, 11) is 0. The number of rotatable bonds is 7. The van der Waals surface area contributed by atoms with E-state index in [-0.39, 0.29) is 5.78 Å². The van der Waals surface area contributed by atoms with Crippen molar-refractivity contribution in [2.24, 2.45) is 5.16 Å². The van der Waals surface area contributed by atoms with Crippen LogP contribution >= 0.6 is 0 Å². The highest BCUT2D eigenvalue weighted by Crippen LogP contribution is 2.26. The molecule has 0 aliphatic carbocycles. The quantitative estimate of drug-likeness (QED) is 0.216. The van der Waals surface area contributed by atoms with Gasteiger partial charge in [0.15, 0.2) is 5.78 Å². The molecule has 0 aliphatic heterocycles. The first kappa shape index (κ1) is 22.0. The SMILES string of the molecule is CCN(c1ccc(C(=O)c2ccccc2C)cc1)c1ccc(C(C)=NOC(C)=O)cc1. The van der Waals surface area contributed by atoms with Gasteiger partial charge in [-0.15, -0.1) is 0 Å². The van der Waals surface area contributed by atoms with Crippen LogP contribution in [0, 0.1) is 6.92 Å². The fourth-order valence-corrected chi connectivity index (χ4v) is 3.36. The molecule has 0 saturated carbocycles. The van der Waals surface area contributed by atoms with Gasteiger partial charge in [-0.1, -0.05) is 41.6 Å². The van der Waals surface area contributed by atoms with E-state index in [1.165, 1.54) is 6.92 Å². The Kier molecular flexibility index (Phi) is 6.98. The van der Waals surface area contributed by atoms with Crippen LogP contribution in [0.1, 0.15) is 47.8 Å². The number of hydrogen-bond acceptors (Lipinski definition) is 5. The Morgan fingerprint density at radius 1 is 0.839 bits per heavy atom. The van der Waals surface area contributed by atoms with Crippen molar-refractivity contribution in [1.82, 2.24) is 0 Å². The molecule has 3 aromatic rings. The van der Waals surface area contributed by atoms with Gasteiger partial charge in [0.1, 0.15) is 0 Å². The summed E-state index contributed by atoms with van der Waals surface area (Å²) in [4.78, 5) is 30.6. The molecular weight excluding hydrogens is 388 g/mol. The fraction of sp³-hybridized carbons (Fsp3) is 0.192. The number of carbonyl (C=O) groups excluding carboxylic acids is 2. The maximum atomic E-state index is 12.8. The average Bonchev–Trinajstić information content (AvgIpc) is 2.79. The Morgan fingerprint density at radius 2 is 1.39 bits per heavy atom. The van der Waals surface area contributed by atoms with Crippen LogP contribution in [0.25, 0.3) is 0 Å². The predicted octanol–water partition coefficient (Wildman–Crippen LogP) is 5.67. The Labute approximate surface area is 183 Å². The third kappa shape index (κ3) is 5.25. The molecule has 0 fully saturated rings. The molecule has 0 unspecified atom stereocenters. The lowest BCUT2D eigenvalue weighted by molar-refractivity contribution is -0.140. The zero-order valence-electron chi connectivity index (χ0n) is 18.3. The lowest BCUT2D eigenvalue weighted by Gasteiger charge is -2.24. The smallest absolute Gasteiger partial charge is 0.331 e. The Hall–Kier alpha value is -3.73. The molecule has 0 amide bonds. The second-order valence-corrected chi connectivity index (χ2v) is 7.24. The highest BCUT2D eigenvalue weighted by Gasteiger charge is 2.13. The molecule has 0 aliphatic rings. The summed E-state index contributed by atoms with van der Waals surface area (Å²) in [5.74, 6) is -0.419. The van der Waals surface area contributed by atoms with Gasteiger partial charge in [0.2, 0.25) is 0 Å². The summed E-state index contributed by atoms with van der Waals surface area (Å²) in [5, 5.41) is 3.83. The van der Waals surface area contributed by atoms with Gasteiger partial charge in [0.25, 0.3) is 0 Å². The lowest BCUT2D eigenvalue weighted by Crippen LogP contribution is -2.16. The van der Waals surface area contributed by atoms with Crippen molar-refractivity contribution in [3.63, 3.8) is 0 Å². The van der Waals surface area contributed by atoms with Crippen LogP contribution in [0.4, 0.5) is 11.4 Å². The molecule has 5 heteroatoms. The molecule has 3 aromatic carbocycles. The second-order valence-electron chi connectivity index (χ2n) is 7.24. The fourth-order valence-electron chi connectivity index (χ4n) is 3.36. The number of carbonyl (C=O) groups is 2. The number of ketones is 1. The summed E-state index contributed by atoms with van der Waals surface area (Å²) < 4.78 is 0. The van der Waals surface area contributed by atoms with Crippen molar-refractivity contribution >= 4 is 28.8 Å². The van der Waals surface area contributed by atoms with E-state index in [2.05, 4.69) is 17.0 Å². The van der Waals surface area contributed by atoms with E-state index in [1.54, 1.807) is 6.92 Å². The normalized spacial score (nSPS) is 11.2. The maximum absolute atomic E-state index is 12.8. The highest BCUT2D eigenvalue weighted by atomic mass is 16.7. The van der Waals surface area contributed by atoms with Gasteiger partial charge >= 0.3 is 5.97 Å². The van der Waals surface area contributed by atoms with E-state index in [9.17, 15) is 9.59 Å². The summed E-state index contributed by atoms with van der Waals surface area (Å²) in [5.41, 5.74) is 5.89. The molecule has 0 heterocycles. The van der Waals surface area contributed by atoms with Crippen LogP contribution in [-0.4, -0.2) is 24.0 Å². The van der Waals surface area contributed by atoms with Crippen molar-refractivity contribution in [3.05, 3.63) is 95.1 Å².